The van der Waals surface area contributed by atoms with Gasteiger partial charge >= 0.3 is 0 Å². The molecule has 2 rings (SSSR count). The lowest BCUT2D eigenvalue weighted by Crippen LogP contribution is -1.98. The number of halogens is 2. The van der Waals surface area contributed by atoms with Crippen LogP contribution in [0.15, 0.2) is 24.4 Å². The van der Waals surface area contributed by atoms with Crippen LogP contribution in [0.4, 0.5) is 17.2 Å². The minimum Gasteiger partial charge on any atom is -0.397 e. The van der Waals surface area contributed by atoms with Gasteiger partial charge in [0.1, 0.15) is 0 Å². The molecular formula is C10H10Cl2N4. The van der Waals surface area contributed by atoms with E-state index in [9.17, 15) is 0 Å². The normalized spacial score (nSPS) is 10.4. The molecule has 0 radical (unpaired) electrons. The number of hydrogen-bond donors (Lipinski definition) is 2. The van der Waals surface area contributed by atoms with Gasteiger partial charge in [-0.15, -0.1) is 0 Å². The zero-order valence-electron chi connectivity index (χ0n) is 8.54. The summed E-state index contributed by atoms with van der Waals surface area (Å²) in [4.78, 5) is 0. The Bertz CT molecular complexity index is 522. The Hall–Kier alpha value is -1.39. The van der Waals surface area contributed by atoms with E-state index in [4.69, 9.17) is 28.9 Å². The van der Waals surface area contributed by atoms with Gasteiger partial charge in [-0.25, -0.2) is 0 Å². The number of nitrogens with zero attached hydrogens (tertiary/aromatic N) is 2. The molecule has 0 aliphatic rings. The number of nitrogens with one attached hydrogen (secondary N) is 1. The van der Waals surface area contributed by atoms with Gasteiger partial charge in [-0.1, -0.05) is 23.2 Å². The third-order valence-corrected chi connectivity index (χ3v) is 2.79. The molecule has 84 valence electrons. The van der Waals surface area contributed by atoms with Crippen LogP contribution in [0.5, 0.6) is 0 Å². The van der Waals surface area contributed by atoms with E-state index in [2.05, 4.69) is 10.4 Å². The van der Waals surface area contributed by atoms with Crippen LogP contribution in [0.1, 0.15) is 0 Å². The Morgan fingerprint density at radius 3 is 2.62 bits per heavy atom. The molecule has 0 amide bonds. The van der Waals surface area contributed by atoms with Crippen molar-refractivity contribution in [3.8, 4) is 0 Å². The van der Waals surface area contributed by atoms with Crippen molar-refractivity contribution in [2.75, 3.05) is 11.1 Å². The van der Waals surface area contributed by atoms with Gasteiger partial charge in [-0.05, 0) is 12.1 Å². The summed E-state index contributed by atoms with van der Waals surface area (Å²) in [5.74, 6) is 0.701. The number of anilines is 3. The molecule has 1 aromatic heterocycles. The third kappa shape index (κ3) is 2.23. The predicted molar refractivity (Wildman–Crippen MR) is 67.4 cm³/mol. The monoisotopic (exact) mass is 256 g/mol. The fourth-order valence-electron chi connectivity index (χ4n) is 1.29. The number of hydrogen-bond acceptors (Lipinski definition) is 3. The SMILES string of the molecule is Cn1ccc(Nc2cc(Cl)c(Cl)cc2N)n1. The minimum absolute atomic E-state index is 0.436. The van der Waals surface area contributed by atoms with Crippen LogP contribution in [0.2, 0.25) is 10.0 Å². The van der Waals surface area contributed by atoms with E-state index < -0.39 is 0 Å². The van der Waals surface area contributed by atoms with Crippen molar-refractivity contribution >= 4 is 40.4 Å². The van der Waals surface area contributed by atoms with Crippen molar-refractivity contribution in [2.45, 2.75) is 0 Å². The molecule has 0 bridgehead atoms. The number of nitrogen functional groups attached to an aromatic ring is 1. The van der Waals surface area contributed by atoms with Gasteiger partial charge in [0.05, 0.1) is 21.4 Å². The van der Waals surface area contributed by atoms with Crippen molar-refractivity contribution in [3.63, 3.8) is 0 Å². The fraction of sp³-hybridized carbons (Fsp3) is 0.100. The van der Waals surface area contributed by atoms with Gasteiger partial charge in [0.25, 0.3) is 0 Å². The van der Waals surface area contributed by atoms with Gasteiger partial charge in [-0.2, -0.15) is 5.10 Å². The molecule has 0 fully saturated rings. The maximum atomic E-state index is 5.90. The van der Waals surface area contributed by atoms with E-state index in [-0.39, 0.29) is 0 Å². The van der Waals surface area contributed by atoms with Gasteiger partial charge < -0.3 is 11.1 Å². The lowest BCUT2D eigenvalue weighted by molar-refractivity contribution is 0.771. The van der Waals surface area contributed by atoms with Crippen molar-refractivity contribution in [1.29, 1.82) is 0 Å². The van der Waals surface area contributed by atoms with E-state index in [0.717, 1.165) is 0 Å². The number of rotatable bonds is 2. The highest BCUT2D eigenvalue weighted by Crippen LogP contribution is 2.31. The van der Waals surface area contributed by atoms with E-state index in [1.165, 1.54) is 0 Å². The maximum Gasteiger partial charge on any atom is 0.152 e. The summed E-state index contributed by atoms with van der Waals surface area (Å²) in [6, 6.07) is 5.12. The number of aryl methyl sites for hydroxylation is 1. The number of nitrogens with two attached hydrogens (primary N) is 1. The first-order chi connectivity index (χ1) is 7.56. The van der Waals surface area contributed by atoms with Crippen LogP contribution >= 0.6 is 23.2 Å². The molecule has 1 heterocycles. The average molecular weight is 257 g/mol. The summed E-state index contributed by atoms with van der Waals surface area (Å²) in [6.07, 6.45) is 1.83. The smallest absolute Gasteiger partial charge is 0.152 e. The Morgan fingerprint density at radius 2 is 2.00 bits per heavy atom. The average Bonchev–Trinajstić information content (AvgIpc) is 2.60. The molecule has 2 aromatic rings. The molecule has 16 heavy (non-hydrogen) atoms. The molecule has 6 heteroatoms. The molecule has 0 atom stereocenters. The van der Waals surface area contributed by atoms with E-state index in [1.54, 1.807) is 16.8 Å². The van der Waals surface area contributed by atoms with Crippen LogP contribution in [-0.2, 0) is 7.05 Å². The zero-order chi connectivity index (χ0) is 11.7. The van der Waals surface area contributed by atoms with Gasteiger partial charge in [-0.3, -0.25) is 4.68 Å². The maximum absolute atomic E-state index is 5.90. The summed E-state index contributed by atoms with van der Waals surface area (Å²) in [5, 5.41) is 8.12. The van der Waals surface area contributed by atoms with E-state index >= 15 is 0 Å². The van der Waals surface area contributed by atoms with Crippen molar-refractivity contribution in [1.82, 2.24) is 9.78 Å². The lowest BCUT2D eigenvalue weighted by atomic mass is 10.2. The van der Waals surface area contributed by atoms with Crippen LogP contribution in [0, 0.1) is 0 Å². The highest BCUT2D eigenvalue weighted by Gasteiger charge is 2.06. The highest BCUT2D eigenvalue weighted by atomic mass is 35.5. The molecule has 0 unspecified atom stereocenters. The molecule has 0 saturated carbocycles. The first kappa shape index (κ1) is 11.1. The van der Waals surface area contributed by atoms with Crippen LogP contribution in [0.25, 0.3) is 0 Å². The Balaban J connectivity index is 2.31. The topological polar surface area (TPSA) is 55.9 Å². The standard InChI is InChI=1S/C10H10Cl2N4/c1-16-3-2-10(15-16)14-9-5-7(12)6(11)4-8(9)13/h2-5H,13H2,1H3,(H,14,15). The molecule has 1 aromatic carbocycles. The molecule has 0 aliphatic carbocycles. The minimum atomic E-state index is 0.436. The molecule has 4 nitrogen and oxygen atoms in total. The Kier molecular flexibility index (Phi) is 2.94. The van der Waals surface area contributed by atoms with Crippen LogP contribution < -0.4 is 11.1 Å². The molecule has 0 aliphatic heterocycles. The van der Waals surface area contributed by atoms with Crippen molar-refractivity contribution in [3.05, 3.63) is 34.4 Å². The third-order valence-electron chi connectivity index (χ3n) is 2.07. The first-order valence-electron chi connectivity index (χ1n) is 4.57. The summed E-state index contributed by atoms with van der Waals surface area (Å²) in [7, 11) is 1.84. The second-order valence-corrected chi connectivity index (χ2v) is 4.17. The van der Waals surface area contributed by atoms with E-state index in [0.29, 0.717) is 27.2 Å². The summed E-state index contributed by atoms with van der Waals surface area (Å²) >= 11 is 11.7. The second kappa shape index (κ2) is 4.23. The predicted octanol–water partition coefficient (Wildman–Crippen LogP) is 3.05. The number of benzene rings is 1. The largest absolute Gasteiger partial charge is 0.397 e. The van der Waals surface area contributed by atoms with Crippen molar-refractivity contribution < 1.29 is 0 Å². The van der Waals surface area contributed by atoms with Gasteiger partial charge in [0.15, 0.2) is 5.82 Å². The summed E-state index contributed by atoms with van der Waals surface area (Å²) < 4.78 is 1.69. The molecule has 0 saturated heterocycles. The van der Waals surface area contributed by atoms with Crippen LogP contribution in [0.3, 0.4) is 0 Å². The molecule has 0 spiro atoms. The summed E-state index contributed by atoms with van der Waals surface area (Å²) in [5.41, 5.74) is 7.02. The number of aromatic nitrogens is 2. The quantitative estimate of drug-likeness (QED) is 0.813. The highest BCUT2D eigenvalue weighted by molar-refractivity contribution is 6.42. The summed E-state index contributed by atoms with van der Waals surface area (Å²) in [6.45, 7) is 0. The zero-order valence-corrected chi connectivity index (χ0v) is 10.0. The van der Waals surface area contributed by atoms with E-state index in [1.807, 2.05) is 19.3 Å². The van der Waals surface area contributed by atoms with Gasteiger partial charge in [0, 0.05) is 19.3 Å². The van der Waals surface area contributed by atoms with Crippen LogP contribution in [-0.4, -0.2) is 9.78 Å². The lowest BCUT2D eigenvalue weighted by Gasteiger charge is -2.08. The molecule has 3 N–H and O–H groups in total. The second-order valence-electron chi connectivity index (χ2n) is 3.35. The first-order valence-corrected chi connectivity index (χ1v) is 5.33. The Morgan fingerprint density at radius 1 is 1.31 bits per heavy atom. The Labute approximate surface area is 103 Å². The van der Waals surface area contributed by atoms with Crippen molar-refractivity contribution in [2.24, 2.45) is 7.05 Å². The van der Waals surface area contributed by atoms with Gasteiger partial charge in [0.2, 0.25) is 0 Å². The molecular weight excluding hydrogens is 247 g/mol. The fourth-order valence-corrected chi connectivity index (χ4v) is 1.63.